The van der Waals surface area contributed by atoms with Gasteiger partial charge in [0, 0.05) is 30.7 Å². The van der Waals surface area contributed by atoms with Crippen LogP contribution in [0.25, 0.3) is 0 Å². The molecule has 0 fully saturated rings. The molecule has 1 aromatic heterocycles. The summed E-state index contributed by atoms with van der Waals surface area (Å²) in [7, 11) is -3.62. The van der Waals surface area contributed by atoms with E-state index in [1.54, 1.807) is 24.3 Å². The molecule has 5 nitrogen and oxygen atoms in total. The van der Waals surface area contributed by atoms with Gasteiger partial charge in [-0.15, -0.1) is 11.3 Å². The van der Waals surface area contributed by atoms with Crippen LogP contribution in [0, 0.1) is 0 Å². The van der Waals surface area contributed by atoms with Crippen molar-refractivity contribution in [2.75, 3.05) is 18.0 Å². The fourth-order valence-corrected chi connectivity index (χ4v) is 4.57. The predicted molar refractivity (Wildman–Crippen MR) is 94.0 cm³/mol. The Kier molecular flexibility index (Phi) is 6.05. The van der Waals surface area contributed by atoms with Crippen LogP contribution >= 0.6 is 34.5 Å². The van der Waals surface area contributed by atoms with Crippen molar-refractivity contribution in [3.8, 4) is 0 Å². The minimum Gasteiger partial charge on any atom is -0.311 e. The number of hydrogen-bond donors (Lipinski definition) is 1. The molecule has 0 atom stereocenters. The lowest BCUT2D eigenvalue weighted by Crippen LogP contribution is -2.37. The van der Waals surface area contributed by atoms with Gasteiger partial charge in [0.25, 0.3) is 0 Å². The molecule has 0 aliphatic rings. The smallest absolute Gasteiger partial charge is 0.250 e. The van der Waals surface area contributed by atoms with Crippen LogP contribution in [0.3, 0.4) is 0 Å². The van der Waals surface area contributed by atoms with Crippen molar-refractivity contribution in [1.82, 2.24) is 4.72 Å². The maximum atomic E-state index is 12.1. The van der Waals surface area contributed by atoms with E-state index in [1.165, 1.54) is 24.0 Å². The number of carbonyl (C=O) groups excluding carboxylic acids is 1. The summed E-state index contributed by atoms with van der Waals surface area (Å²) in [6, 6.07) is 9.72. The Labute approximate surface area is 148 Å². The summed E-state index contributed by atoms with van der Waals surface area (Å²) in [6.07, 6.45) is 0. The molecule has 124 valence electrons. The molecule has 1 N–H and O–H groups in total. The summed E-state index contributed by atoms with van der Waals surface area (Å²) < 4.78 is 27.2. The van der Waals surface area contributed by atoms with Crippen LogP contribution in [0.2, 0.25) is 9.36 Å². The topological polar surface area (TPSA) is 66.5 Å². The first-order chi connectivity index (χ1) is 10.8. The lowest BCUT2D eigenvalue weighted by atomic mass is 10.3. The third-order valence-corrected chi connectivity index (χ3v) is 6.40. The maximum Gasteiger partial charge on any atom is 0.250 e. The second-order valence-corrected chi connectivity index (χ2v) is 8.75. The maximum absolute atomic E-state index is 12.1. The standard InChI is InChI=1S/C14H14Cl2N2O3S2/c1-10(19)18(12-4-2-11(15)3-5-12)9-8-17-23(20,21)14-7-6-13(16)22-14/h2-7,17H,8-9H2,1H3. The molecule has 0 aliphatic carbocycles. The van der Waals surface area contributed by atoms with E-state index >= 15 is 0 Å². The number of anilines is 1. The monoisotopic (exact) mass is 392 g/mol. The molecule has 1 amide bonds. The second-order valence-electron chi connectivity index (χ2n) is 4.60. The van der Waals surface area contributed by atoms with Crippen LogP contribution in [0.15, 0.2) is 40.6 Å². The summed E-state index contributed by atoms with van der Waals surface area (Å²) >= 11 is 12.6. The minimum absolute atomic E-state index is 0.0834. The van der Waals surface area contributed by atoms with Gasteiger partial charge in [0.05, 0.1) is 4.34 Å². The Morgan fingerprint density at radius 2 is 1.83 bits per heavy atom. The lowest BCUT2D eigenvalue weighted by molar-refractivity contribution is -0.116. The largest absolute Gasteiger partial charge is 0.311 e. The molecule has 1 heterocycles. The summed E-state index contributed by atoms with van der Waals surface area (Å²) in [5.41, 5.74) is 0.653. The Hall–Kier alpha value is -1.12. The molecule has 23 heavy (non-hydrogen) atoms. The van der Waals surface area contributed by atoms with E-state index in [4.69, 9.17) is 23.2 Å². The number of halogens is 2. The van der Waals surface area contributed by atoms with E-state index in [-0.39, 0.29) is 23.2 Å². The number of carbonyl (C=O) groups is 1. The molecule has 0 saturated heterocycles. The van der Waals surface area contributed by atoms with Crippen molar-refractivity contribution in [1.29, 1.82) is 0 Å². The van der Waals surface area contributed by atoms with Crippen LogP contribution in [-0.2, 0) is 14.8 Å². The van der Waals surface area contributed by atoms with E-state index in [0.717, 1.165) is 11.3 Å². The lowest BCUT2D eigenvalue weighted by Gasteiger charge is -2.21. The molecule has 0 radical (unpaired) electrons. The van der Waals surface area contributed by atoms with Gasteiger partial charge in [0.15, 0.2) is 0 Å². The number of nitrogens with zero attached hydrogens (tertiary/aromatic N) is 1. The van der Waals surface area contributed by atoms with Crippen LogP contribution in [-0.4, -0.2) is 27.4 Å². The highest BCUT2D eigenvalue weighted by atomic mass is 35.5. The number of amides is 1. The van der Waals surface area contributed by atoms with Gasteiger partial charge in [-0.05, 0) is 36.4 Å². The average Bonchev–Trinajstić information content (AvgIpc) is 2.92. The quantitative estimate of drug-likeness (QED) is 0.818. The van der Waals surface area contributed by atoms with Gasteiger partial charge in [-0.25, -0.2) is 13.1 Å². The first kappa shape index (κ1) is 18.2. The van der Waals surface area contributed by atoms with Crippen LogP contribution in [0.1, 0.15) is 6.92 Å². The van der Waals surface area contributed by atoms with Crippen LogP contribution in [0.4, 0.5) is 5.69 Å². The summed E-state index contributed by atoms with van der Waals surface area (Å²) in [4.78, 5) is 13.2. The highest BCUT2D eigenvalue weighted by Crippen LogP contribution is 2.25. The van der Waals surface area contributed by atoms with Gasteiger partial charge in [0.2, 0.25) is 15.9 Å². The number of sulfonamides is 1. The van der Waals surface area contributed by atoms with Crippen molar-refractivity contribution in [3.05, 3.63) is 45.8 Å². The van der Waals surface area contributed by atoms with Crippen molar-refractivity contribution in [2.24, 2.45) is 0 Å². The molecule has 2 rings (SSSR count). The number of benzene rings is 1. The molecular formula is C14H14Cl2N2O3S2. The SMILES string of the molecule is CC(=O)N(CCNS(=O)(=O)c1ccc(Cl)s1)c1ccc(Cl)cc1. The number of hydrogen-bond acceptors (Lipinski definition) is 4. The third kappa shape index (κ3) is 4.92. The van der Waals surface area contributed by atoms with E-state index in [1.807, 2.05) is 0 Å². The molecule has 0 unspecified atom stereocenters. The Morgan fingerprint density at radius 1 is 1.17 bits per heavy atom. The fraction of sp³-hybridized carbons (Fsp3) is 0.214. The first-order valence-corrected chi connectivity index (χ1v) is 9.64. The number of nitrogens with one attached hydrogen (secondary N) is 1. The van der Waals surface area contributed by atoms with Crippen LogP contribution in [0.5, 0.6) is 0 Å². The van der Waals surface area contributed by atoms with E-state index in [0.29, 0.717) is 15.0 Å². The molecule has 2 aromatic rings. The van der Waals surface area contributed by atoms with E-state index in [2.05, 4.69) is 4.72 Å². The van der Waals surface area contributed by atoms with Gasteiger partial charge >= 0.3 is 0 Å². The molecule has 1 aromatic carbocycles. The Bertz CT molecular complexity index is 789. The van der Waals surface area contributed by atoms with Gasteiger partial charge in [-0.3, -0.25) is 4.79 Å². The number of thiophene rings is 1. The summed E-state index contributed by atoms with van der Waals surface area (Å²) in [5.74, 6) is -0.189. The third-order valence-electron chi connectivity index (χ3n) is 2.96. The molecule has 9 heteroatoms. The number of rotatable bonds is 6. The van der Waals surface area contributed by atoms with Crippen molar-refractivity contribution >= 4 is 56.2 Å². The molecule has 0 spiro atoms. The zero-order valence-corrected chi connectivity index (χ0v) is 15.3. The molecule has 0 saturated carbocycles. The van der Waals surface area contributed by atoms with Gasteiger partial charge in [-0.2, -0.15) is 0 Å². The van der Waals surface area contributed by atoms with Gasteiger partial charge in [0.1, 0.15) is 4.21 Å². The average molecular weight is 393 g/mol. The zero-order chi connectivity index (χ0) is 17.0. The highest BCUT2D eigenvalue weighted by molar-refractivity contribution is 7.91. The van der Waals surface area contributed by atoms with Crippen molar-refractivity contribution in [2.45, 2.75) is 11.1 Å². The van der Waals surface area contributed by atoms with Crippen LogP contribution < -0.4 is 9.62 Å². The van der Waals surface area contributed by atoms with Crippen molar-refractivity contribution < 1.29 is 13.2 Å². The van der Waals surface area contributed by atoms with Gasteiger partial charge < -0.3 is 4.90 Å². The zero-order valence-electron chi connectivity index (χ0n) is 12.1. The Balaban J connectivity index is 2.02. The summed E-state index contributed by atoms with van der Waals surface area (Å²) in [6.45, 7) is 1.71. The molecular weight excluding hydrogens is 379 g/mol. The first-order valence-electron chi connectivity index (χ1n) is 6.58. The molecule has 0 aliphatic heterocycles. The normalized spacial score (nSPS) is 11.4. The highest BCUT2D eigenvalue weighted by Gasteiger charge is 2.18. The molecule has 0 bridgehead atoms. The Morgan fingerprint density at radius 3 is 2.35 bits per heavy atom. The minimum atomic E-state index is -3.62. The fourth-order valence-electron chi connectivity index (χ4n) is 1.89. The van der Waals surface area contributed by atoms with Crippen molar-refractivity contribution in [3.63, 3.8) is 0 Å². The summed E-state index contributed by atoms with van der Waals surface area (Å²) in [5, 5.41) is 0.563. The second kappa shape index (κ2) is 7.63. The van der Waals surface area contributed by atoms with E-state index in [9.17, 15) is 13.2 Å². The van der Waals surface area contributed by atoms with E-state index < -0.39 is 10.0 Å². The van der Waals surface area contributed by atoms with Gasteiger partial charge in [-0.1, -0.05) is 23.2 Å². The predicted octanol–water partition coefficient (Wildman–Crippen LogP) is 3.39.